The molecule has 0 bridgehead atoms. The molecular formula is C15H16FNO3. The number of carbonyl (C=O) groups is 2. The topological polar surface area (TPSA) is 66.4 Å². The fraction of sp³-hybridized carbons (Fsp3) is 0.333. The molecule has 0 spiro atoms. The first-order chi connectivity index (χ1) is 9.58. The summed E-state index contributed by atoms with van der Waals surface area (Å²) in [5.41, 5.74) is 1.35. The van der Waals surface area contributed by atoms with Gasteiger partial charge in [-0.05, 0) is 43.4 Å². The van der Waals surface area contributed by atoms with E-state index in [1.807, 2.05) is 0 Å². The first kappa shape index (κ1) is 14.2. The van der Waals surface area contributed by atoms with Crippen molar-refractivity contribution in [2.45, 2.75) is 32.2 Å². The van der Waals surface area contributed by atoms with Gasteiger partial charge in [-0.15, -0.1) is 0 Å². The SMILES string of the molecule is O=C(O)C1=C(C(=O)NCc2ccc(F)cc2)CCCC1. The minimum atomic E-state index is -1.02. The van der Waals surface area contributed by atoms with Crippen molar-refractivity contribution in [3.8, 4) is 0 Å². The van der Waals surface area contributed by atoms with Crippen LogP contribution in [0.1, 0.15) is 31.2 Å². The molecule has 5 heteroatoms. The molecule has 0 heterocycles. The number of hydrogen-bond acceptors (Lipinski definition) is 2. The van der Waals surface area contributed by atoms with Gasteiger partial charge in [0.2, 0.25) is 5.91 Å². The van der Waals surface area contributed by atoms with Crippen molar-refractivity contribution in [2.24, 2.45) is 0 Å². The van der Waals surface area contributed by atoms with Gasteiger partial charge in [0, 0.05) is 17.7 Å². The quantitative estimate of drug-likeness (QED) is 0.888. The number of hydrogen-bond donors (Lipinski definition) is 2. The van der Waals surface area contributed by atoms with Crippen LogP contribution >= 0.6 is 0 Å². The third-order valence-corrected chi connectivity index (χ3v) is 3.37. The lowest BCUT2D eigenvalue weighted by atomic mass is 9.91. The van der Waals surface area contributed by atoms with Crippen LogP contribution < -0.4 is 5.32 Å². The molecule has 20 heavy (non-hydrogen) atoms. The van der Waals surface area contributed by atoms with Gasteiger partial charge < -0.3 is 10.4 Å². The maximum atomic E-state index is 12.8. The fourth-order valence-corrected chi connectivity index (χ4v) is 2.28. The van der Waals surface area contributed by atoms with Gasteiger partial charge in [-0.2, -0.15) is 0 Å². The van der Waals surface area contributed by atoms with Gasteiger partial charge in [-0.1, -0.05) is 12.1 Å². The zero-order chi connectivity index (χ0) is 14.5. The Labute approximate surface area is 116 Å². The van der Waals surface area contributed by atoms with Gasteiger partial charge >= 0.3 is 5.97 Å². The number of carboxylic acids is 1. The number of halogens is 1. The van der Waals surface area contributed by atoms with Crippen LogP contribution in [0.4, 0.5) is 4.39 Å². The van der Waals surface area contributed by atoms with Gasteiger partial charge in [-0.25, -0.2) is 9.18 Å². The number of amides is 1. The Hall–Kier alpha value is -2.17. The van der Waals surface area contributed by atoms with E-state index in [1.165, 1.54) is 12.1 Å². The predicted octanol–water partition coefficient (Wildman–Crippen LogP) is 2.40. The van der Waals surface area contributed by atoms with E-state index in [-0.39, 0.29) is 23.8 Å². The van der Waals surface area contributed by atoms with Gasteiger partial charge in [0.25, 0.3) is 0 Å². The summed E-state index contributed by atoms with van der Waals surface area (Å²) in [4.78, 5) is 23.1. The minimum Gasteiger partial charge on any atom is -0.478 e. The molecule has 4 nitrogen and oxygen atoms in total. The maximum Gasteiger partial charge on any atom is 0.332 e. The van der Waals surface area contributed by atoms with Crippen LogP contribution in [0.3, 0.4) is 0 Å². The monoisotopic (exact) mass is 277 g/mol. The van der Waals surface area contributed by atoms with Gasteiger partial charge in [0.05, 0.1) is 0 Å². The van der Waals surface area contributed by atoms with E-state index >= 15 is 0 Å². The molecule has 0 unspecified atom stereocenters. The summed E-state index contributed by atoms with van der Waals surface area (Å²) in [7, 11) is 0. The molecule has 0 aromatic heterocycles. The predicted molar refractivity (Wildman–Crippen MR) is 71.4 cm³/mol. The van der Waals surface area contributed by atoms with Crippen LogP contribution in [-0.4, -0.2) is 17.0 Å². The lowest BCUT2D eigenvalue weighted by molar-refractivity contribution is -0.133. The molecule has 1 aliphatic carbocycles. The van der Waals surface area contributed by atoms with E-state index in [1.54, 1.807) is 12.1 Å². The van der Waals surface area contributed by atoms with Crippen molar-refractivity contribution < 1.29 is 19.1 Å². The van der Waals surface area contributed by atoms with Gasteiger partial charge in [0.15, 0.2) is 0 Å². The second-order valence-electron chi connectivity index (χ2n) is 4.78. The Morgan fingerprint density at radius 3 is 2.30 bits per heavy atom. The molecule has 1 aromatic carbocycles. The van der Waals surface area contributed by atoms with E-state index in [4.69, 9.17) is 5.11 Å². The largest absolute Gasteiger partial charge is 0.478 e. The van der Waals surface area contributed by atoms with Crippen molar-refractivity contribution in [3.05, 3.63) is 46.8 Å². The van der Waals surface area contributed by atoms with Gasteiger partial charge in [-0.3, -0.25) is 4.79 Å². The Morgan fingerprint density at radius 2 is 1.70 bits per heavy atom. The van der Waals surface area contributed by atoms with E-state index in [0.29, 0.717) is 18.4 Å². The van der Waals surface area contributed by atoms with Crippen molar-refractivity contribution in [1.82, 2.24) is 5.32 Å². The Kier molecular flexibility index (Phi) is 4.50. The van der Waals surface area contributed by atoms with Crippen molar-refractivity contribution in [1.29, 1.82) is 0 Å². The van der Waals surface area contributed by atoms with E-state index in [0.717, 1.165) is 18.4 Å². The second kappa shape index (κ2) is 6.32. The molecule has 0 aliphatic heterocycles. The number of nitrogens with one attached hydrogen (secondary N) is 1. The molecule has 0 radical (unpaired) electrons. The first-order valence-corrected chi connectivity index (χ1v) is 6.56. The molecular weight excluding hydrogens is 261 g/mol. The van der Waals surface area contributed by atoms with Crippen LogP contribution in [0.15, 0.2) is 35.4 Å². The molecule has 1 aliphatic rings. The fourth-order valence-electron chi connectivity index (χ4n) is 2.28. The summed E-state index contributed by atoms with van der Waals surface area (Å²) in [6.45, 7) is 0.259. The highest BCUT2D eigenvalue weighted by molar-refractivity contribution is 6.02. The van der Waals surface area contributed by atoms with Crippen LogP contribution in [0, 0.1) is 5.82 Å². The first-order valence-electron chi connectivity index (χ1n) is 6.56. The Balaban J connectivity index is 2.03. The molecule has 0 saturated heterocycles. The number of aliphatic carboxylic acids is 1. The second-order valence-corrected chi connectivity index (χ2v) is 4.78. The third kappa shape index (κ3) is 3.44. The van der Waals surface area contributed by atoms with Crippen molar-refractivity contribution in [3.63, 3.8) is 0 Å². The van der Waals surface area contributed by atoms with Crippen LogP contribution in [0.25, 0.3) is 0 Å². The molecule has 0 saturated carbocycles. The van der Waals surface area contributed by atoms with E-state index < -0.39 is 5.97 Å². The average molecular weight is 277 g/mol. The van der Waals surface area contributed by atoms with E-state index in [2.05, 4.69) is 5.32 Å². The molecule has 106 valence electrons. The summed E-state index contributed by atoms with van der Waals surface area (Å²) in [6, 6.07) is 5.82. The number of carboxylic acid groups (broad SMARTS) is 1. The zero-order valence-corrected chi connectivity index (χ0v) is 11.0. The molecule has 0 fully saturated rings. The smallest absolute Gasteiger partial charge is 0.332 e. The normalized spacial score (nSPS) is 15.1. The van der Waals surface area contributed by atoms with Crippen LogP contribution in [0.2, 0.25) is 0 Å². The number of benzene rings is 1. The molecule has 2 rings (SSSR count). The van der Waals surface area contributed by atoms with Crippen molar-refractivity contribution >= 4 is 11.9 Å². The molecule has 1 amide bonds. The summed E-state index contributed by atoms with van der Waals surface area (Å²) >= 11 is 0. The summed E-state index contributed by atoms with van der Waals surface area (Å²) < 4.78 is 12.8. The average Bonchev–Trinajstić information content (AvgIpc) is 2.46. The summed E-state index contributed by atoms with van der Waals surface area (Å²) in [5, 5.41) is 11.8. The standard InChI is InChI=1S/C15H16FNO3/c16-11-7-5-10(6-8-11)9-17-14(18)12-3-1-2-4-13(12)15(19)20/h5-8H,1-4,9H2,(H,17,18)(H,19,20). The molecule has 0 atom stereocenters. The lowest BCUT2D eigenvalue weighted by Crippen LogP contribution is -2.28. The van der Waals surface area contributed by atoms with Gasteiger partial charge in [0.1, 0.15) is 5.82 Å². The van der Waals surface area contributed by atoms with Crippen LogP contribution in [-0.2, 0) is 16.1 Å². The highest BCUT2D eigenvalue weighted by atomic mass is 19.1. The number of carbonyl (C=O) groups excluding carboxylic acids is 1. The highest BCUT2D eigenvalue weighted by Gasteiger charge is 2.23. The summed E-state index contributed by atoms with van der Waals surface area (Å²) in [5.74, 6) is -1.69. The van der Waals surface area contributed by atoms with Crippen LogP contribution in [0.5, 0.6) is 0 Å². The Morgan fingerprint density at radius 1 is 1.10 bits per heavy atom. The zero-order valence-electron chi connectivity index (χ0n) is 11.0. The Bertz CT molecular complexity index is 549. The molecule has 2 N–H and O–H groups in total. The van der Waals surface area contributed by atoms with Crippen molar-refractivity contribution in [2.75, 3.05) is 0 Å². The summed E-state index contributed by atoms with van der Waals surface area (Å²) in [6.07, 6.45) is 2.57. The number of rotatable bonds is 4. The minimum absolute atomic E-state index is 0.216. The van der Waals surface area contributed by atoms with E-state index in [9.17, 15) is 14.0 Å². The molecule has 1 aromatic rings. The lowest BCUT2D eigenvalue weighted by Gasteiger charge is -2.17. The highest BCUT2D eigenvalue weighted by Crippen LogP contribution is 2.25. The third-order valence-electron chi connectivity index (χ3n) is 3.37. The maximum absolute atomic E-state index is 12.8.